The Hall–Kier alpha value is -2.61. The van der Waals surface area contributed by atoms with Gasteiger partial charge in [-0.1, -0.05) is 0 Å². The molecule has 2 amide bonds. The fourth-order valence-electron chi connectivity index (χ4n) is 4.59. The van der Waals surface area contributed by atoms with Crippen molar-refractivity contribution in [3.63, 3.8) is 0 Å². The second-order valence-corrected chi connectivity index (χ2v) is 8.24. The second-order valence-electron chi connectivity index (χ2n) is 8.24. The number of aromatic nitrogens is 3. The van der Waals surface area contributed by atoms with E-state index in [-0.39, 0.29) is 11.4 Å². The van der Waals surface area contributed by atoms with E-state index in [9.17, 15) is 4.79 Å². The Morgan fingerprint density at radius 1 is 1.10 bits per heavy atom. The van der Waals surface area contributed by atoms with Gasteiger partial charge in [0.1, 0.15) is 18.2 Å². The summed E-state index contributed by atoms with van der Waals surface area (Å²) in [6.45, 7) is 5.59. The van der Waals surface area contributed by atoms with Gasteiger partial charge in [0.15, 0.2) is 5.82 Å². The molecule has 1 spiro atoms. The van der Waals surface area contributed by atoms with Crippen molar-refractivity contribution in [2.45, 2.75) is 52.2 Å². The maximum absolute atomic E-state index is 12.7. The van der Waals surface area contributed by atoms with Gasteiger partial charge in [-0.15, -0.1) is 10.2 Å². The van der Waals surface area contributed by atoms with Gasteiger partial charge in [-0.05, 0) is 62.3 Å². The van der Waals surface area contributed by atoms with E-state index in [4.69, 9.17) is 9.47 Å². The van der Waals surface area contributed by atoms with Crippen LogP contribution in [0.3, 0.4) is 0 Å². The van der Waals surface area contributed by atoms with Gasteiger partial charge in [0, 0.05) is 38.9 Å². The molecule has 30 heavy (non-hydrogen) atoms. The van der Waals surface area contributed by atoms with Crippen LogP contribution in [0.25, 0.3) is 0 Å². The van der Waals surface area contributed by atoms with Crippen LogP contribution in [0.1, 0.15) is 44.3 Å². The number of hydrogen-bond donors (Lipinski definition) is 1. The summed E-state index contributed by atoms with van der Waals surface area (Å²) in [6, 6.07) is 7.50. The summed E-state index contributed by atoms with van der Waals surface area (Å²) in [6.07, 6.45) is 5.20. The summed E-state index contributed by atoms with van der Waals surface area (Å²) < 4.78 is 12.9. The average molecular weight is 414 g/mol. The number of likely N-dealkylation sites (tertiary alicyclic amines) is 1. The van der Waals surface area contributed by atoms with Crippen molar-refractivity contribution in [3.05, 3.63) is 35.9 Å². The fourth-order valence-corrected chi connectivity index (χ4v) is 4.59. The number of rotatable bonds is 5. The Kier molecular flexibility index (Phi) is 6.22. The third-order valence-corrected chi connectivity index (χ3v) is 6.45. The van der Waals surface area contributed by atoms with Gasteiger partial charge in [-0.2, -0.15) is 0 Å². The van der Waals surface area contributed by atoms with Crippen LogP contribution in [0.2, 0.25) is 0 Å². The number of fused-ring (bicyclic) bond motifs is 1. The number of benzene rings is 1. The fraction of sp³-hybridized carbons (Fsp3) is 0.591. The van der Waals surface area contributed by atoms with Crippen LogP contribution < -0.4 is 10.1 Å². The monoisotopic (exact) mass is 413 g/mol. The number of carbonyl (C=O) groups is 1. The van der Waals surface area contributed by atoms with Gasteiger partial charge >= 0.3 is 6.03 Å². The predicted molar refractivity (Wildman–Crippen MR) is 114 cm³/mol. The van der Waals surface area contributed by atoms with Crippen molar-refractivity contribution >= 4 is 11.7 Å². The second kappa shape index (κ2) is 9.04. The zero-order valence-corrected chi connectivity index (χ0v) is 17.9. The number of aryl methyl sites for hydroxylation is 1. The quantitative estimate of drug-likeness (QED) is 0.812. The highest BCUT2D eigenvalue weighted by Gasteiger charge is 2.37. The van der Waals surface area contributed by atoms with E-state index in [1.54, 1.807) is 7.11 Å². The van der Waals surface area contributed by atoms with Crippen LogP contribution in [-0.2, 0) is 24.3 Å². The SMILES string of the molecule is CCOc1ccc(NC(=O)N2CCC3(CCc4nnc(COC)n4CC3)CC2)cc1. The molecule has 2 aromatic rings. The zero-order valence-electron chi connectivity index (χ0n) is 17.9. The van der Waals surface area contributed by atoms with Crippen LogP contribution in [0.15, 0.2) is 24.3 Å². The summed E-state index contributed by atoms with van der Waals surface area (Å²) in [5, 5.41) is 11.7. The number of anilines is 1. The number of ether oxygens (including phenoxy) is 2. The molecule has 2 aliphatic rings. The Morgan fingerprint density at radius 3 is 2.53 bits per heavy atom. The Balaban J connectivity index is 1.31. The van der Waals surface area contributed by atoms with E-state index in [0.29, 0.717) is 13.2 Å². The predicted octanol–water partition coefficient (Wildman–Crippen LogP) is 3.47. The van der Waals surface area contributed by atoms with E-state index in [2.05, 4.69) is 20.1 Å². The Morgan fingerprint density at radius 2 is 1.83 bits per heavy atom. The number of amides is 2. The van der Waals surface area contributed by atoms with Gasteiger partial charge in [0.05, 0.1) is 6.61 Å². The van der Waals surface area contributed by atoms with Gasteiger partial charge in [0.2, 0.25) is 0 Å². The summed E-state index contributed by atoms with van der Waals surface area (Å²) in [5.41, 5.74) is 1.07. The van der Waals surface area contributed by atoms with E-state index in [1.165, 1.54) is 0 Å². The Bertz CT molecular complexity index is 856. The summed E-state index contributed by atoms with van der Waals surface area (Å²) in [5.74, 6) is 2.79. The number of hydrogen-bond acceptors (Lipinski definition) is 5. The van der Waals surface area contributed by atoms with Crippen molar-refractivity contribution in [2.24, 2.45) is 5.41 Å². The standard InChI is InChI=1S/C22H31N5O3/c1-3-30-18-6-4-17(5-7-18)23-21(28)26-13-10-22(11-14-26)9-8-19-24-25-20(16-29-2)27(19)15-12-22/h4-7H,3,8-16H2,1-2H3,(H,23,28). The molecule has 0 unspecified atom stereocenters. The first-order chi connectivity index (χ1) is 14.6. The summed E-state index contributed by atoms with van der Waals surface area (Å²) >= 11 is 0. The average Bonchev–Trinajstić information content (AvgIpc) is 3.06. The van der Waals surface area contributed by atoms with Crippen molar-refractivity contribution < 1.29 is 14.3 Å². The summed E-state index contributed by atoms with van der Waals surface area (Å²) in [4.78, 5) is 14.7. The van der Waals surface area contributed by atoms with Gasteiger partial charge in [0.25, 0.3) is 0 Å². The zero-order chi connectivity index (χ0) is 21.0. The molecule has 162 valence electrons. The molecule has 0 atom stereocenters. The van der Waals surface area contributed by atoms with Gasteiger partial charge < -0.3 is 24.3 Å². The van der Waals surface area contributed by atoms with Crippen LogP contribution in [-0.4, -0.2) is 52.5 Å². The largest absolute Gasteiger partial charge is 0.494 e. The number of methoxy groups -OCH3 is 1. The molecule has 0 bridgehead atoms. The molecule has 8 nitrogen and oxygen atoms in total. The number of piperidine rings is 1. The lowest BCUT2D eigenvalue weighted by Crippen LogP contribution is -2.45. The number of carbonyl (C=O) groups excluding carboxylic acids is 1. The lowest BCUT2D eigenvalue weighted by Gasteiger charge is -2.41. The molecular weight excluding hydrogens is 382 g/mol. The molecule has 8 heteroatoms. The first-order valence-electron chi connectivity index (χ1n) is 10.8. The molecule has 3 heterocycles. The normalized spacial score (nSPS) is 18.0. The molecule has 1 N–H and O–H groups in total. The summed E-state index contributed by atoms with van der Waals surface area (Å²) in [7, 11) is 1.69. The molecule has 2 aliphatic heterocycles. The maximum atomic E-state index is 12.7. The lowest BCUT2D eigenvalue weighted by molar-refractivity contribution is 0.105. The van der Waals surface area contributed by atoms with Crippen molar-refractivity contribution in [1.82, 2.24) is 19.7 Å². The Labute approximate surface area is 177 Å². The van der Waals surface area contributed by atoms with E-state index >= 15 is 0 Å². The molecule has 1 aromatic carbocycles. The highest BCUT2D eigenvalue weighted by molar-refractivity contribution is 5.89. The molecule has 1 saturated heterocycles. The molecular formula is C22H31N5O3. The molecule has 4 rings (SSSR count). The minimum absolute atomic E-state index is 0.0258. The van der Waals surface area contributed by atoms with E-state index < -0.39 is 0 Å². The van der Waals surface area contributed by atoms with Crippen LogP contribution in [0, 0.1) is 5.41 Å². The maximum Gasteiger partial charge on any atom is 0.321 e. The van der Waals surface area contributed by atoms with Gasteiger partial charge in [-0.3, -0.25) is 0 Å². The number of nitrogens with one attached hydrogen (secondary N) is 1. The third-order valence-electron chi connectivity index (χ3n) is 6.45. The molecule has 0 aliphatic carbocycles. The third kappa shape index (κ3) is 4.43. The van der Waals surface area contributed by atoms with Gasteiger partial charge in [-0.25, -0.2) is 4.79 Å². The molecule has 0 saturated carbocycles. The van der Waals surface area contributed by atoms with Crippen molar-refractivity contribution in [3.8, 4) is 5.75 Å². The molecule has 0 radical (unpaired) electrons. The first-order valence-corrected chi connectivity index (χ1v) is 10.8. The van der Waals surface area contributed by atoms with Crippen LogP contribution in [0.4, 0.5) is 10.5 Å². The molecule has 1 fully saturated rings. The number of urea groups is 1. The lowest BCUT2D eigenvalue weighted by atomic mass is 9.73. The van der Waals surface area contributed by atoms with Crippen LogP contribution in [0.5, 0.6) is 5.75 Å². The minimum atomic E-state index is -0.0258. The van der Waals surface area contributed by atoms with Crippen molar-refractivity contribution in [1.29, 1.82) is 0 Å². The van der Waals surface area contributed by atoms with Crippen molar-refractivity contribution in [2.75, 3.05) is 32.1 Å². The molecule has 1 aromatic heterocycles. The number of nitrogens with zero attached hydrogens (tertiary/aromatic N) is 4. The van der Waals surface area contributed by atoms with E-state index in [0.717, 1.165) is 74.8 Å². The highest BCUT2D eigenvalue weighted by atomic mass is 16.5. The minimum Gasteiger partial charge on any atom is -0.494 e. The van der Waals surface area contributed by atoms with E-state index in [1.807, 2.05) is 36.1 Å². The van der Waals surface area contributed by atoms with Crippen LogP contribution >= 0.6 is 0 Å². The topological polar surface area (TPSA) is 81.5 Å². The first kappa shape index (κ1) is 20.7. The smallest absolute Gasteiger partial charge is 0.321 e. The highest BCUT2D eigenvalue weighted by Crippen LogP contribution is 2.41.